The predicted octanol–water partition coefficient (Wildman–Crippen LogP) is 4.72. The number of benzene rings is 1. The minimum Gasteiger partial charge on any atom is -0.362 e. The Bertz CT molecular complexity index is 1020. The first-order valence-electron chi connectivity index (χ1n) is 10.5. The van der Waals surface area contributed by atoms with Gasteiger partial charge >= 0.3 is 0 Å². The minimum atomic E-state index is -0.677. The molecule has 1 aromatic carbocycles. The zero-order valence-corrected chi connectivity index (χ0v) is 19.3. The second-order valence-electron chi connectivity index (χ2n) is 8.88. The number of hydrogen-bond acceptors (Lipinski definition) is 5. The number of carbonyl (C=O) groups is 2. The van der Waals surface area contributed by atoms with Crippen LogP contribution >= 0.6 is 11.6 Å². The third-order valence-corrected chi connectivity index (χ3v) is 6.34. The van der Waals surface area contributed by atoms with E-state index >= 15 is 0 Å². The Labute approximate surface area is 187 Å². The van der Waals surface area contributed by atoms with Gasteiger partial charge in [0.15, 0.2) is 5.78 Å². The highest BCUT2D eigenvalue weighted by Gasteiger charge is 2.43. The van der Waals surface area contributed by atoms with Crippen LogP contribution in [0, 0.1) is 15.5 Å². The first kappa shape index (κ1) is 23.0. The Morgan fingerprint density at radius 2 is 1.94 bits per heavy atom. The molecule has 1 unspecified atom stereocenters. The summed E-state index contributed by atoms with van der Waals surface area (Å²) in [6.45, 7) is 10.7. The highest BCUT2D eigenvalue weighted by Crippen LogP contribution is 2.47. The molecular formula is C23H28ClN3O4. The number of likely N-dealkylation sites (N-methyl/N-ethyl adjacent to an activating group) is 1. The van der Waals surface area contributed by atoms with Crippen molar-refractivity contribution < 1.29 is 14.5 Å². The molecule has 31 heavy (non-hydrogen) atoms. The number of hydrogen-bond donors (Lipinski definition) is 1. The van der Waals surface area contributed by atoms with Gasteiger partial charge in [0, 0.05) is 54.0 Å². The molecule has 7 nitrogen and oxygen atoms in total. The lowest BCUT2D eigenvalue weighted by Gasteiger charge is -2.40. The summed E-state index contributed by atoms with van der Waals surface area (Å²) in [6.07, 6.45) is 1.01. The van der Waals surface area contributed by atoms with E-state index < -0.39 is 10.8 Å². The summed E-state index contributed by atoms with van der Waals surface area (Å²) in [5.74, 6) is -0.899. The molecule has 3 rings (SSSR count). The summed E-state index contributed by atoms with van der Waals surface area (Å²) >= 11 is 6.04. The zero-order chi connectivity index (χ0) is 23.1. The lowest BCUT2D eigenvalue weighted by atomic mass is 9.68. The fraction of sp³-hybridized carbons (Fsp3) is 0.478. The number of nitrogens with one attached hydrogen (secondary N) is 1. The first-order chi connectivity index (χ1) is 14.5. The van der Waals surface area contributed by atoms with Crippen molar-refractivity contribution in [1.82, 2.24) is 10.2 Å². The van der Waals surface area contributed by atoms with E-state index in [2.05, 4.69) is 5.32 Å². The van der Waals surface area contributed by atoms with E-state index in [1.165, 1.54) is 12.1 Å². The van der Waals surface area contributed by atoms with Gasteiger partial charge in [0.2, 0.25) is 0 Å². The Hall–Kier alpha value is -2.67. The minimum absolute atomic E-state index is 0.0188. The number of halogens is 1. The van der Waals surface area contributed by atoms with Crippen LogP contribution in [0.25, 0.3) is 0 Å². The van der Waals surface area contributed by atoms with E-state index in [4.69, 9.17) is 11.6 Å². The molecule has 0 saturated heterocycles. The van der Waals surface area contributed by atoms with Crippen LogP contribution in [0.3, 0.4) is 0 Å². The van der Waals surface area contributed by atoms with E-state index in [-0.39, 0.29) is 27.8 Å². The van der Waals surface area contributed by atoms with Gasteiger partial charge in [-0.15, -0.1) is 0 Å². The van der Waals surface area contributed by atoms with Gasteiger partial charge in [-0.2, -0.15) is 0 Å². The van der Waals surface area contributed by atoms with Crippen molar-refractivity contribution in [2.75, 3.05) is 13.1 Å². The molecular weight excluding hydrogens is 418 g/mol. The molecule has 1 amide bonds. The van der Waals surface area contributed by atoms with Crippen LogP contribution in [0.2, 0.25) is 5.02 Å². The number of rotatable bonds is 5. The molecule has 1 aliphatic heterocycles. The smallest absolute Gasteiger partial charge is 0.288 e. The number of allylic oxidation sites excluding steroid dienone is 3. The molecule has 0 aromatic heterocycles. The molecule has 0 fully saturated rings. The average Bonchev–Trinajstić information content (AvgIpc) is 2.66. The van der Waals surface area contributed by atoms with Crippen LogP contribution in [0.1, 0.15) is 58.9 Å². The van der Waals surface area contributed by atoms with Gasteiger partial charge in [-0.25, -0.2) is 0 Å². The maximum atomic E-state index is 13.5. The van der Waals surface area contributed by atoms with Crippen molar-refractivity contribution in [2.24, 2.45) is 5.41 Å². The van der Waals surface area contributed by atoms with E-state index in [0.29, 0.717) is 48.3 Å². The topological polar surface area (TPSA) is 92.6 Å². The van der Waals surface area contributed by atoms with Crippen LogP contribution in [-0.2, 0) is 9.59 Å². The number of nitrogens with zero attached hydrogens (tertiary/aromatic N) is 2. The number of ketones is 1. The summed E-state index contributed by atoms with van der Waals surface area (Å²) < 4.78 is 0. The molecule has 166 valence electrons. The zero-order valence-electron chi connectivity index (χ0n) is 18.5. The summed E-state index contributed by atoms with van der Waals surface area (Å²) in [5, 5.41) is 14.8. The fourth-order valence-corrected chi connectivity index (χ4v) is 4.77. The van der Waals surface area contributed by atoms with Crippen LogP contribution in [0.15, 0.2) is 40.7 Å². The van der Waals surface area contributed by atoms with Crippen molar-refractivity contribution in [1.29, 1.82) is 0 Å². The second-order valence-corrected chi connectivity index (χ2v) is 9.28. The Morgan fingerprint density at radius 1 is 1.29 bits per heavy atom. The van der Waals surface area contributed by atoms with Gasteiger partial charge < -0.3 is 10.2 Å². The third-order valence-electron chi connectivity index (χ3n) is 6.02. The maximum absolute atomic E-state index is 13.5. The van der Waals surface area contributed by atoms with Crippen molar-refractivity contribution in [3.05, 3.63) is 61.4 Å². The molecule has 0 spiro atoms. The highest BCUT2D eigenvalue weighted by atomic mass is 35.5. The normalized spacial score (nSPS) is 20.3. The van der Waals surface area contributed by atoms with Gasteiger partial charge in [0.1, 0.15) is 5.02 Å². The molecule has 1 atom stereocenters. The van der Waals surface area contributed by atoms with E-state index in [1.807, 2.05) is 34.6 Å². The van der Waals surface area contributed by atoms with Gasteiger partial charge in [-0.3, -0.25) is 19.7 Å². The quantitative estimate of drug-likeness (QED) is 0.522. The highest BCUT2D eigenvalue weighted by molar-refractivity contribution is 6.32. The predicted molar refractivity (Wildman–Crippen MR) is 120 cm³/mol. The lowest BCUT2D eigenvalue weighted by Crippen LogP contribution is -2.42. The van der Waals surface area contributed by atoms with Crippen molar-refractivity contribution >= 4 is 29.0 Å². The largest absolute Gasteiger partial charge is 0.362 e. The fourth-order valence-electron chi connectivity index (χ4n) is 4.58. The molecule has 2 aliphatic rings. The molecule has 1 heterocycles. The summed E-state index contributed by atoms with van der Waals surface area (Å²) in [6, 6.07) is 4.52. The number of nitro benzene ring substituents is 1. The van der Waals surface area contributed by atoms with Crippen LogP contribution in [0.5, 0.6) is 0 Å². The molecule has 0 radical (unpaired) electrons. The number of nitro groups is 1. The van der Waals surface area contributed by atoms with Gasteiger partial charge in [-0.1, -0.05) is 31.5 Å². The lowest BCUT2D eigenvalue weighted by molar-refractivity contribution is -0.384. The summed E-state index contributed by atoms with van der Waals surface area (Å²) in [4.78, 5) is 39.4. The monoisotopic (exact) mass is 445 g/mol. The number of dihydropyridines is 1. The summed E-state index contributed by atoms with van der Waals surface area (Å²) in [7, 11) is 0. The standard InChI is InChI=1S/C23H28ClN3O4/c1-6-26(7-2)22(29)19-13(3)25-16-11-23(4,5)12-18(28)21(16)20(19)14-8-9-15(24)17(10-14)27(30)31/h8-10,20,25H,6-7,11-12H2,1-5H3. The van der Waals surface area contributed by atoms with E-state index in [9.17, 15) is 19.7 Å². The van der Waals surface area contributed by atoms with E-state index in [1.54, 1.807) is 11.0 Å². The number of amides is 1. The van der Waals surface area contributed by atoms with Crippen molar-refractivity contribution in [3.8, 4) is 0 Å². The maximum Gasteiger partial charge on any atom is 0.288 e. The second kappa shape index (κ2) is 8.46. The van der Waals surface area contributed by atoms with Gasteiger partial charge in [-0.05, 0) is 44.2 Å². The molecule has 1 aliphatic carbocycles. The molecule has 1 aromatic rings. The van der Waals surface area contributed by atoms with Gasteiger partial charge in [0.05, 0.1) is 4.92 Å². The molecule has 0 saturated carbocycles. The van der Waals surface area contributed by atoms with Crippen molar-refractivity contribution in [3.63, 3.8) is 0 Å². The molecule has 8 heteroatoms. The van der Waals surface area contributed by atoms with Crippen LogP contribution < -0.4 is 5.32 Å². The molecule has 0 bridgehead atoms. The summed E-state index contributed by atoms with van der Waals surface area (Å²) in [5.41, 5.74) is 2.51. The number of Topliss-reactive ketones (excluding diaryl/α,β-unsaturated/α-hetero) is 1. The Morgan fingerprint density at radius 3 is 2.52 bits per heavy atom. The van der Waals surface area contributed by atoms with E-state index in [0.717, 1.165) is 5.70 Å². The third kappa shape index (κ3) is 4.24. The number of carbonyl (C=O) groups excluding carboxylic acids is 2. The molecule has 1 N–H and O–H groups in total. The first-order valence-corrected chi connectivity index (χ1v) is 10.9. The Kier molecular flexibility index (Phi) is 6.28. The van der Waals surface area contributed by atoms with Crippen molar-refractivity contribution in [2.45, 2.75) is 53.4 Å². The average molecular weight is 446 g/mol. The van der Waals surface area contributed by atoms with Crippen LogP contribution in [0.4, 0.5) is 5.69 Å². The Balaban J connectivity index is 2.25. The van der Waals surface area contributed by atoms with Gasteiger partial charge in [0.25, 0.3) is 11.6 Å². The van der Waals surface area contributed by atoms with Crippen LogP contribution in [-0.4, -0.2) is 34.6 Å². The SMILES string of the molecule is CCN(CC)C(=O)C1=C(C)NC2=C(C(=O)CC(C)(C)C2)C1c1ccc(Cl)c([N+](=O)[O-])c1.